The fraction of sp³-hybridized carbons (Fsp3) is 0.0714. The molecule has 5 N–H and O–H groups in total. The Hall–Kier alpha value is -2.89. The van der Waals surface area contributed by atoms with E-state index in [-0.39, 0.29) is 11.1 Å². The van der Waals surface area contributed by atoms with Crippen LogP contribution in [0.15, 0.2) is 24.3 Å². The van der Waals surface area contributed by atoms with Gasteiger partial charge >= 0.3 is 0 Å². The minimum atomic E-state index is -0.738. The van der Waals surface area contributed by atoms with Gasteiger partial charge in [0.05, 0.1) is 5.56 Å². The van der Waals surface area contributed by atoms with Crippen molar-refractivity contribution in [1.82, 2.24) is 0 Å². The largest absolute Gasteiger partial charge is 0.504 e. The molecule has 0 aliphatic heterocycles. The molecule has 104 valence electrons. The van der Waals surface area contributed by atoms with Gasteiger partial charge in [-0.2, -0.15) is 0 Å². The zero-order chi connectivity index (χ0) is 15.0. The van der Waals surface area contributed by atoms with Crippen molar-refractivity contribution < 1.29 is 30.3 Å². The summed E-state index contributed by atoms with van der Waals surface area (Å²) in [6, 6.07) is 4.66. The molecule has 0 spiro atoms. The smallest absolute Gasteiger partial charge is 0.200 e. The summed E-state index contributed by atoms with van der Waals surface area (Å²) in [7, 11) is 0. The fourth-order valence-corrected chi connectivity index (χ4v) is 1.75. The maximum atomic E-state index is 12.2. The Kier molecular flexibility index (Phi) is 3.15. The van der Waals surface area contributed by atoms with Gasteiger partial charge in [0.2, 0.25) is 0 Å². The maximum Gasteiger partial charge on any atom is 0.200 e. The van der Waals surface area contributed by atoms with Gasteiger partial charge < -0.3 is 25.5 Å². The van der Waals surface area contributed by atoms with Crippen LogP contribution in [-0.4, -0.2) is 31.3 Å². The molecule has 0 aliphatic carbocycles. The first-order valence-corrected chi connectivity index (χ1v) is 5.64. The summed E-state index contributed by atoms with van der Waals surface area (Å²) in [6.45, 7) is 1.56. The topological polar surface area (TPSA) is 118 Å². The molecule has 0 saturated carbocycles. The van der Waals surface area contributed by atoms with Crippen LogP contribution < -0.4 is 0 Å². The number of aromatic hydroxyl groups is 5. The highest BCUT2D eigenvalue weighted by molar-refractivity contribution is 6.11. The van der Waals surface area contributed by atoms with Gasteiger partial charge in [-0.25, -0.2) is 0 Å². The number of carbonyl (C=O) groups is 1. The van der Waals surface area contributed by atoms with Crippen molar-refractivity contribution in [2.45, 2.75) is 6.92 Å². The van der Waals surface area contributed by atoms with Gasteiger partial charge in [-0.05, 0) is 30.7 Å². The molecule has 0 saturated heterocycles. The van der Waals surface area contributed by atoms with Gasteiger partial charge in [0, 0.05) is 5.56 Å². The molecule has 0 aliphatic rings. The van der Waals surface area contributed by atoms with Gasteiger partial charge in [0.15, 0.2) is 34.5 Å². The molecule has 0 heterocycles. The standard InChI is InChI=1S/C14H12O6/c1-6-2-3-8(13(19)11(6)17)12(18)7-4-9(15)14(20)10(16)5-7/h2-5,15-17,19-20H,1H3. The minimum Gasteiger partial charge on any atom is -0.504 e. The van der Waals surface area contributed by atoms with Gasteiger partial charge in [-0.15, -0.1) is 0 Å². The number of ketones is 1. The second-order valence-electron chi connectivity index (χ2n) is 4.32. The van der Waals surface area contributed by atoms with Crippen LogP contribution in [0.2, 0.25) is 0 Å². The summed E-state index contributed by atoms with van der Waals surface area (Å²) in [4.78, 5) is 12.2. The van der Waals surface area contributed by atoms with E-state index in [1.807, 2.05) is 0 Å². The van der Waals surface area contributed by atoms with E-state index in [2.05, 4.69) is 0 Å². The second kappa shape index (κ2) is 4.65. The van der Waals surface area contributed by atoms with Crippen molar-refractivity contribution in [3.05, 3.63) is 41.0 Å². The predicted molar refractivity (Wildman–Crippen MR) is 69.4 cm³/mol. The van der Waals surface area contributed by atoms with Crippen LogP contribution in [0.3, 0.4) is 0 Å². The number of carbonyl (C=O) groups excluding carboxylic acids is 1. The molecule has 20 heavy (non-hydrogen) atoms. The molecule has 0 radical (unpaired) electrons. The average molecular weight is 276 g/mol. The third kappa shape index (κ3) is 2.07. The van der Waals surface area contributed by atoms with Gasteiger partial charge in [0.25, 0.3) is 0 Å². The molecule has 2 aromatic carbocycles. The number of phenols is 5. The zero-order valence-corrected chi connectivity index (χ0v) is 10.5. The van der Waals surface area contributed by atoms with Crippen molar-refractivity contribution in [2.24, 2.45) is 0 Å². The van der Waals surface area contributed by atoms with E-state index in [4.69, 9.17) is 0 Å². The number of hydrogen-bond donors (Lipinski definition) is 5. The first kappa shape index (κ1) is 13.5. The van der Waals surface area contributed by atoms with Crippen LogP contribution >= 0.6 is 0 Å². The summed E-state index contributed by atoms with van der Waals surface area (Å²) in [5.41, 5.74) is 0.0735. The van der Waals surface area contributed by atoms with Crippen LogP contribution in [0, 0.1) is 6.92 Å². The zero-order valence-electron chi connectivity index (χ0n) is 10.5. The van der Waals surface area contributed by atoms with Crippen molar-refractivity contribution >= 4 is 5.78 Å². The Morgan fingerprint density at radius 1 is 0.850 bits per heavy atom. The summed E-state index contributed by atoms with van der Waals surface area (Å²) in [5.74, 6) is -3.78. The highest BCUT2D eigenvalue weighted by Crippen LogP contribution is 2.38. The number of hydrogen-bond acceptors (Lipinski definition) is 6. The third-order valence-corrected chi connectivity index (χ3v) is 2.93. The first-order valence-electron chi connectivity index (χ1n) is 5.64. The van der Waals surface area contributed by atoms with E-state index >= 15 is 0 Å². The minimum absolute atomic E-state index is 0.142. The lowest BCUT2D eigenvalue weighted by molar-refractivity contribution is 0.103. The lowest BCUT2D eigenvalue weighted by Crippen LogP contribution is -2.02. The van der Waals surface area contributed by atoms with Crippen LogP contribution in [0.4, 0.5) is 0 Å². The molecule has 2 rings (SSSR count). The predicted octanol–water partition coefficient (Wildman–Crippen LogP) is 1.75. The number of aryl methyl sites for hydroxylation is 1. The molecule has 0 fully saturated rings. The molecule has 0 unspecified atom stereocenters. The molecule has 0 atom stereocenters. The highest BCUT2D eigenvalue weighted by Gasteiger charge is 2.20. The lowest BCUT2D eigenvalue weighted by Gasteiger charge is -2.09. The Morgan fingerprint density at radius 2 is 1.40 bits per heavy atom. The monoisotopic (exact) mass is 276 g/mol. The van der Waals surface area contributed by atoms with E-state index < -0.39 is 34.5 Å². The Bertz CT molecular complexity index is 682. The summed E-state index contributed by atoms with van der Waals surface area (Å²) < 4.78 is 0. The molecule has 0 bridgehead atoms. The molecule has 6 nitrogen and oxygen atoms in total. The average Bonchev–Trinajstić information content (AvgIpc) is 2.41. The van der Waals surface area contributed by atoms with Gasteiger partial charge in [-0.1, -0.05) is 6.07 Å². The third-order valence-electron chi connectivity index (χ3n) is 2.93. The fourth-order valence-electron chi connectivity index (χ4n) is 1.75. The van der Waals surface area contributed by atoms with Crippen LogP contribution in [0.25, 0.3) is 0 Å². The highest BCUT2D eigenvalue weighted by atomic mass is 16.3. The molecule has 6 heteroatoms. The van der Waals surface area contributed by atoms with E-state index in [1.54, 1.807) is 6.92 Å². The van der Waals surface area contributed by atoms with Gasteiger partial charge in [0.1, 0.15) is 0 Å². The quantitative estimate of drug-likeness (QED) is 0.421. The molecule has 0 amide bonds. The maximum absolute atomic E-state index is 12.2. The van der Waals surface area contributed by atoms with Crippen molar-refractivity contribution in [3.63, 3.8) is 0 Å². The molecular weight excluding hydrogens is 264 g/mol. The van der Waals surface area contributed by atoms with Crippen molar-refractivity contribution in [1.29, 1.82) is 0 Å². The molecule has 2 aromatic rings. The molecular formula is C14H12O6. The van der Waals surface area contributed by atoms with Gasteiger partial charge in [-0.3, -0.25) is 4.79 Å². The van der Waals surface area contributed by atoms with E-state index in [9.17, 15) is 30.3 Å². The van der Waals surface area contributed by atoms with E-state index in [1.165, 1.54) is 12.1 Å². The van der Waals surface area contributed by atoms with E-state index in [0.29, 0.717) is 5.56 Å². The van der Waals surface area contributed by atoms with Crippen LogP contribution in [0.1, 0.15) is 21.5 Å². The molecule has 0 aromatic heterocycles. The van der Waals surface area contributed by atoms with E-state index in [0.717, 1.165) is 12.1 Å². The summed E-state index contributed by atoms with van der Waals surface area (Å²) in [5, 5.41) is 47.3. The van der Waals surface area contributed by atoms with Crippen LogP contribution in [0.5, 0.6) is 28.7 Å². The second-order valence-corrected chi connectivity index (χ2v) is 4.32. The lowest BCUT2D eigenvalue weighted by atomic mass is 9.99. The Balaban J connectivity index is 2.55. The Labute approximate surface area is 113 Å². The summed E-state index contributed by atoms with van der Waals surface area (Å²) >= 11 is 0. The Morgan fingerprint density at radius 3 is 1.95 bits per heavy atom. The number of phenolic OH excluding ortho intramolecular Hbond substituents is 5. The number of rotatable bonds is 2. The van der Waals surface area contributed by atoms with Crippen molar-refractivity contribution in [2.75, 3.05) is 0 Å². The first-order chi connectivity index (χ1) is 9.32. The normalized spacial score (nSPS) is 10.4. The van der Waals surface area contributed by atoms with Crippen LogP contribution in [-0.2, 0) is 0 Å². The van der Waals surface area contributed by atoms with Crippen molar-refractivity contribution in [3.8, 4) is 28.7 Å². The number of benzene rings is 2. The SMILES string of the molecule is Cc1ccc(C(=O)c2cc(O)c(O)c(O)c2)c(O)c1O. The summed E-state index contributed by atoms with van der Waals surface area (Å²) in [6.07, 6.45) is 0.